The van der Waals surface area contributed by atoms with Gasteiger partial charge >= 0.3 is 0 Å². The summed E-state index contributed by atoms with van der Waals surface area (Å²) in [5, 5.41) is 11.2. The molecule has 0 radical (unpaired) electrons. The molecule has 0 aliphatic carbocycles. The molecule has 1 aliphatic heterocycles. The Hall–Kier alpha value is -2.73. The van der Waals surface area contributed by atoms with Crippen LogP contribution in [0.2, 0.25) is 0 Å². The van der Waals surface area contributed by atoms with Crippen molar-refractivity contribution in [1.29, 1.82) is 0 Å². The minimum absolute atomic E-state index is 0.0323. The second-order valence-electron chi connectivity index (χ2n) is 7.13. The first-order chi connectivity index (χ1) is 13.3. The van der Waals surface area contributed by atoms with E-state index in [1.54, 1.807) is 6.20 Å². The number of amides is 1. The Labute approximate surface area is 159 Å². The minimum Gasteiger partial charge on any atom is -0.311 e. The summed E-state index contributed by atoms with van der Waals surface area (Å²) in [7, 11) is 0. The molecule has 3 heterocycles. The second kappa shape index (κ2) is 8.31. The van der Waals surface area contributed by atoms with Crippen LogP contribution in [0.5, 0.6) is 0 Å². The fraction of sp³-hybridized carbons (Fsp3) is 0.381. The quantitative estimate of drug-likeness (QED) is 0.698. The van der Waals surface area contributed by atoms with E-state index in [2.05, 4.69) is 31.5 Å². The molecule has 140 valence electrons. The number of H-pyrrole nitrogens is 1. The Bertz CT molecular complexity index is 914. The van der Waals surface area contributed by atoms with Crippen molar-refractivity contribution in [3.8, 4) is 11.3 Å². The van der Waals surface area contributed by atoms with Gasteiger partial charge in [-0.2, -0.15) is 5.10 Å². The van der Waals surface area contributed by atoms with Gasteiger partial charge in [0.1, 0.15) is 5.82 Å². The number of pyridine rings is 1. The molecule has 0 saturated carbocycles. The average Bonchev–Trinajstić information content (AvgIpc) is 3.17. The van der Waals surface area contributed by atoms with E-state index < -0.39 is 0 Å². The molecular formula is C21H25N5O. The molecule has 27 heavy (non-hydrogen) atoms. The molecule has 0 atom stereocenters. The maximum Gasteiger partial charge on any atom is 0.225 e. The van der Waals surface area contributed by atoms with E-state index in [-0.39, 0.29) is 5.91 Å². The zero-order valence-electron chi connectivity index (χ0n) is 15.4. The molecule has 6 nitrogen and oxygen atoms in total. The highest BCUT2D eigenvalue weighted by atomic mass is 16.1. The Kier molecular flexibility index (Phi) is 5.44. The number of aromatic amines is 1. The maximum absolute atomic E-state index is 12.2. The molecule has 0 unspecified atom stereocenters. The summed E-state index contributed by atoms with van der Waals surface area (Å²) in [6.45, 7) is 3.35. The Balaban J connectivity index is 1.32. The maximum atomic E-state index is 12.2. The number of piperidine rings is 1. The van der Waals surface area contributed by atoms with E-state index in [0.717, 1.165) is 35.1 Å². The molecule has 2 aromatic heterocycles. The molecule has 2 N–H and O–H groups in total. The number of hydrogen-bond acceptors (Lipinski definition) is 4. The lowest BCUT2D eigenvalue weighted by Crippen LogP contribution is -2.31. The molecule has 1 aromatic carbocycles. The van der Waals surface area contributed by atoms with Gasteiger partial charge in [0.15, 0.2) is 0 Å². The minimum atomic E-state index is 0.0323. The van der Waals surface area contributed by atoms with Gasteiger partial charge in [-0.1, -0.05) is 18.6 Å². The van der Waals surface area contributed by atoms with Gasteiger partial charge in [-0.15, -0.1) is 0 Å². The molecule has 1 fully saturated rings. The monoisotopic (exact) mass is 363 g/mol. The Morgan fingerprint density at radius 2 is 2.04 bits per heavy atom. The number of likely N-dealkylation sites (tertiary alicyclic amines) is 1. The van der Waals surface area contributed by atoms with E-state index >= 15 is 0 Å². The van der Waals surface area contributed by atoms with Gasteiger partial charge in [-0.3, -0.25) is 14.9 Å². The van der Waals surface area contributed by atoms with Crippen LogP contribution in [0.3, 0.4) is 0 Å². The van der Waals surface area contributed by atoms with Gasteiger partial charge < -0.3 is 10.2 Å². The fourth-order valence-electron chi connectivity index (χ4n) is 3.63. The van der Waals surface area contributed by atoms with Gasteiger partial charge in [0, 0.05) is 29.6 Å². The largest absolute Gasteiger partial charge is 0.311 e. The summed E-state index contributed by atoms with van der Waals surface area (Å²) in [4.78, 5) is 19.0. The van der Waals surface area contributed by atoms with Gasteiger partial charge in [0.05, 0.1) is 11.2 Å². The smallest absolute Gasteiger partial charge is 0.225 e. The van der Waals surface area contributed by atoms with Crippen LogP contribution in [-0.2, 0) is 4.79 Å². The van der Waals surface area contributed by atoms with Crippen LogP contribution in [0.4, 0.5) is 5.82 Å². The highest BCUT2D eigenvalue weighted by Crippen LogP contribution is 2.23. The number of carbonyl (C=O) groups excluding carboxylic acids is 1. The lowest BCUT2D eigenvalue weighted by molar-refractivity contribution is -0.116. The molecule has 4 rings (SSSR count). The average molecular weight is 363 g/mol. The number of benzene rings is 1. The van der Waals surface area contributed by atoms with E-state index in [1.165, 1.54) is 32.4 Å². The SMILES string of the molecule is O=C(CCCN1CCCCC1)Nc1cc(-c2ccc3ncccc3c2)n[nH]1. The van der Waals surface area contributed by atoms with Crippen molar-refractivity contribution in [1.82, 2.24) is 20.1 Å². The van der Waals surface area contributed by atoms with Crippen LogP contribution in [0.15, 0.2) is 42.6 Å². The van der Waals surface area contributed by atoms with Crippen molar-refractivity contribution < 1.29 is 4.79 Å². The predicted octanol–water partition coefficient (Wildman–Crippen LogP) is 3.83. The number of anilines is 1. The highest BCUT2D eigenvalue weighted by molar-refractivity contribution is 5.90. The molecule has 3 aromatic rings. The van der Waals surface area contributed by atoms with E-state index in [9.17, 15) is 4.79 Å². The molecule has 1 amide bonds. The topological polar surface area (TPSA) is 73.9 Å². The van der Waals surface area contributed by atoms with Gasteiger partial charge in [-0.25, -0.2) is 0 Å². The number of rotatable bonds is 6. The lowest BCUT2D eigenvalue weighted by Gasteiger charge is -2.26. The van der Waals surface area contributed by atoms with Crippen molar-refractivity contribution in [3.63, 3.8) is 0 Å². The molecule has 1 aliphatic rings. The number of nitrogens with one attached hydrogen (secondary N) is 2. The Morgan fingerprint density at radius 3 is 2.93 bits per heavy atom. The summed E-state index contributed by atoms with van der Waals surface area (Å²) >= 11 is 0. The number of nitrogens with zero attached hydrogens (tertiary/aromatic N) is 3. The zero-order valence-corrected chi connectivity index (χ0v) is 15.4. The molecule has 6 heteroatoms. The van der Waals surface area contributed by atoms with Crippen molar-refractivity contribution in [2.45, 2.75) is 32.1 Å². The molecular weight excluding hydrogens is 338 g/mol. The van der Waals surface area contributed by atoms with E-state index in [1.807, 2.05) is 30.3 Å². The fourth-order valence-corrected chi connectivity index (χ4v) is 3.63. The number of carbonyl (C=O) groups is 1. The van der Waals surface area contributed by atoms with Crippen LogP contribution < -0.4 is 5.32 Å². The zero-order chi connectivity index (χ0) is 18.5. The molecule has 0 bridgehead atoms. The van der Waals surface area contributed by atoms with E-state index in [0.29, 0.717) is 12.2 Å². The summed E-state index contributed by atoms with van der Waals surface area (Å²) in [5.41, 5.74) is 2.76. The first-order valence-electron chi connectivity index (χ1n) is 9.71. The summed E-state index contributed by atoms with van der Waals surface area (Å²) in [6, 6.07) is 11.9. The van der Waals surface area contributed by atoms with Crippen molar-refractivity contribution in [3.05, 3.63) is 42.6 Å². The van der Waals surface area contributed by atoms with E-state index in [4.69, 9.17) is 0 Å². The lowest BCUT2D eigenvalue weighted by atomic mass is 10.1. The highest BCUT2D eigenvalue weighted by Gasteiger charge is 2.11. The third-order valence-electron chi connectivity index (χ3n) is 5.08. The summed E-state index contributed by atoms with van der Waals surface area (Å²) in [6.07, 6.45) is 7.13. The summed E-state index contributed by atoms with van der Waals surface area (Å²) < 4.78 is 0. The van der Waals surface area contributed by atoms with Gasteiger partial charge in [-0.05, 0) is 57.1 Å². The number of hydrogen-bond donors (Lipinski definition) is 2. The predicted molar refractivity (Wildman–Crippen MR) is 107 cm³/mol. The van der Waals surface area contributed by atoms with Crippen LogP contribution in [0.25, 0.3) is 22.2 Å². The third kappa shape index (κ3) is 4.52. The van der Waals surface area contributed by atoms with Crippen LogP contribution >= 0.6 is 0 Å². The van der Waals surface area contributed by atoms with Crippen LogP contribution in [-0.4, -0.2) is 45.6 Å². The van der Waals surface area contributed by atoms with Crippen molar-refractivity contribution in [2.24, 2.45) is 0 Å². The van der Waals surface area contributed by atoms with Crippen LogP contribution in [0.1, 0.15) is 32.1 Å². The Morgan fingerprint density at radius 1 is 1.15 bits per heavy atom. The van der Waals surface area contributed by atoms with Gasteiger partial charge in [0.25, 0.3) is 0 Å². The summed E-state index contributed by atoms with van der Waals surface area (Å²) in [5.74, 6) is 0.671. The normalized spacial score (nSPS) is 15.1. The second-order valence-corrected chi connectivity index (χ2v) is 7.13. The van der Waals surface area contributed by atoms with Crippen molar-refractivity contribution >= 4 is 22.6 Å². The molecule has 1 saturated heterocycles. The third-order valence-corrected chi connectivity index (χ3v) is 5.08. The number of aromatic nitrogens is 3. The molecule has 0 spiro atoms. The van der Waals surface area contributed by atoms with Gasteiger partial charge in [0.2, 0.25) is 5.91 Å². The van der Waals surface area contributed by atoms with Crippen molar-refractivity contribution in [2.75, 3.05) is 25.0 Å². The number of fused-ring (bicyclic) bond motifs is 1. The standard InChI is InChI=1S/C21H25N5O/c27-21(7-5-13-26-11-2-1-3-12-26)23-20-15-19(24-25-20)17-8-9-18-16(14-17)6-4-10-22-18/h4,6,8-10,14-15H,1-3,5,7,11-13H2,(H2,23,24,25,27). The van der Waals surface area contributed by atoms with Crippen LogP contribution in [0, 0.1) is 0 Å². The first kappa shape index (κ1) is 17.7. The first-order valence-corrected chi connectivity index (χ1v) is 9.71.